The minimum Gasteiger partial charge on any atom is -0.368 e. The molecular weight excluding hydrogens is 454 g/mol. The molecule has 0 saturated carbocycles. The van der Waals surface area contributed by atoms with E-state index in [1.54, 1.807) is 4.90 Å². The Bertz CT molecular complexity index is 1280. The predicted molar refractivity (Wildman–Crippen MR) is 144 cm³/mol. The van der Waals surface area contributed by atoms with E-state index in [0.29, 0.717) is 18.0 Å². The Balaban J connectivity index is 1.31. The molecule has 1 fully saturated rings. The standard InChI is InChI=1S/C29H29N3O2S/c1-21-12-13-22(2)25(18-21)30-14-16-31(17-15-30)28(33)20-32-24-10-6-7-11-26(24)35-27(29(32)34)19-23-8-4-3-5-9-23/h3-13,18-19H,14-17,20H2,1-2H3. The molecule has 178 valence electrons. The molecule has 0 radical (unpaired) electrons. The van der Waals surface area contributed by atoms with Gasteiger partial charge >= 0.3 is 0 Å². The second kappa shape index (κ2) is 10.0. The van der Waals surface area contributed by atoms with Crippen LogP contribution in [0.25, 0.3) is 6.08 Å². The molecule has 6 heteroatoms. The fourth-order valence-electron chi connectivity index (χ4n) is 4.61. The van der Waals surface area contributed by atoms with E-state index in [1.165, 1.54) is 28.6 Å². The molecule has 2 amide bonds. The third-order valence-electron chi connectivity index (χ3n) is 6.56. The molecule has 2 heterocycles. The quantitative estimate of drug-likeness (QED) is 0.483. The van der Waals surface area contributed by atoms with Crippen molar-refractivity contribution in [3.8, 4) is 0 Å². The van der Waals surface area contributed by atoms with Gasteiger partial charge in [0.2, 0.25) is 5.91 Å². The van der Waals surface area contributed by atoms with Crippen LogP contribution in [-0.2, 0) is 9.59 Å². The van der Waals surface area contributed by atoms with Crippen molar-refractivity contribution in [1.29, 1.82) is 0 Å². The molecule has 0 atom stereocenters. The van der Waals surface area contributed by atoms with Crippen molar-refractivity contribution in [3.63, 3.8) is 0 Å². The van der Waals surface area contributed by atoms with Crippen LogP contribution in [0.4, 0.5) is 11.4 Å². The van der Waals surface area contributed by atoms with Crippen LogP contribution in [0.5, 0.6) is 0 Å². The number of aryl methyl sites for hydroxylation is 2. The van der Waals surface area contributed by atoms with Crippen molar-refractivity contribution in [3.05, 3.63) is 94.4 Å². The predicted octanol–water partition coefficient (Wildman–Crippen LogP) is 5.13. The van der Waals surface area contributed by atoms with E-state index in [4.69, 9.17) is 0 Å². The van der Waals surface area contributed by atoms with Gasteiger partial charge in [-0.15, -0.1) is 0 Å². The van der Waals surface area contributed by atoms with Crippen molar-refractivity contribution < 1.29 is 9.59 Å². The fraction of sp³-hybridized carbons (Fsp3) is 0.241. The molecule has 0 unspecified atom stereocenters. The Morgan fingerprint density at radius 1 is 0.886 bits per heavy atom. The SMILES string of the molecule is Cc1ccc(C)c(N2CCN(C(=O)CN3C(=O)C(=Cc4ccccc4)Sc4ccccc43)CC2)c1. The van der Waals surface area contributed by atoms with Gasteiger partial charge < -0.3 is 9.80 Å². The van der Waals surface area contributed by atoms with E-state index in [9.17, 15) is 9.59 Å². The number of fused-ring (bicyclic) bond motifs is 1. The van der Waals surface area contributed by atoms with Crippen LogP contribution in [0, 0.1) is 13.8 Å². The summed E-state index contributed by atoms with van der Waals surface area (Å²) in [5, 5.41) is 0. The van der Waals surface area contributed by atoms with Gasteiger partial charge in [0.05, 0.1) is 10.6 Å². The van der Waals surface area contributed by atoms with Gasteiger partial charge in [-0.1, -0.05) is 66.4 Å². The maximum Gasteiger partial charge on any atom is 0.265 e. The van der Waals surface area contributed by atoms with Crippen LogP contribution >= 0.6 is 11.8 Å². The first-order valence-electron chi connectivity index (χ1n) is 11.9. The normalized spacial score (nSPS) is 17.0. The second-order valence-corrected chi connectivity index (χ2v) is 10.1. The van der Waals surface area contributed by atoms with Gasteiger partial charge in [0.25, 0.3) is 5.91 Å². The fourth-order valence-corrected chi connectivity index (χ4v) is 5.67. The number of rotatable bonds is 4. The van der Waals surface area contributed by atoms with Crippen LogP contribution in [0.2, 0.25) is 0 Å². The van der Waals surface area contributed by atoms with Crippen LogP contribution in [-0.4, -0.2) is 49.4 Å². The highest BCUT2D eigenvalue weighted by atomic mass is 32.2. The number of hydrogen-bond acceptors (Lipinski definition) is 4. The Kier molecular flexibility index (Phi) is 6.64. The lowest BCUT2D eigenvalue weighted by atomic mass is 10.1. The van der Waals surface area contributed by atoms with Crippen LogP contribution in [0.3, 0.4) is 0 Å². The van der Waals surface area contributed by atoms with E-state index in [1.807, 2.05) is 65.6 Å². The largest absolute Gasteiger partial charge is 0.368 e. The molecule has 0 bridgehead atoms. The number of thioether (sulfide) groups is 1. The summed E-state index contributed by atoms with van der Waals surface area (Å²) in [5.74, 6) is -0.139. The highest BCUT2D eigenvalue weighted by molar-refractivity contribution is 8.04. The zero-order valence-corrected chi connectivity index (χ0v) is 20.9. The summed E-state index contributed by atoms with van der Waals surface area (Å²) < 4.78 is 0. The summed E-state index contributed by atoms with van der Waals surface area (Å²) in [6.07, 6.45) is 1.91. The first-order chi connectivity index (χ1) is 17.0. The van der Waals surface area contributed by atoms with Crippen molar-refractivity contribution in [2.45, 2.75) is 18.7 Å². The molecule has 3 aromatic rings. The second-order valence-electron chi connectivity index (χ2n) is 9.04. The van der Waals surface area contributed by atoms with Gasteiger partial charge in [-0.3, -0.25) is 14.5 Å². The number of anilines is 2. The number of carbonyl (C=O) groups excluding carboxylic acids is 2. The van der Waals surface area contributed by atoms with Gasteiger partial charge in [0.1, 0.15) is 6.54 Å². The van der Waals surface area contributed by atoms with Crippen molar-refractivity contribution in [2.75, 3.05) is 42.5 Å². The molecule has 5 rings (SSSR count). The van der Waals surface area contributed by atoms with Crippen molar-refractivity contribution >= 4 is 41.0 Å². The number of nitrogens with zero attached hydrogens (tertiary/aromatic N) is 3. The Morgan fingerprint density at radius 3 is 2.37 bits per heavy atom. The van der Waals surface area contributed by atoms with Gasteiger partial charge in [0, 0.05) is 36.8 Å². The molecule has 5 nitrogen and oxygen atoms in total. The Labute approximate surface area is 211 Å². The average molecular weight is 484 g/mol. The molecule has 2 aliphatic rings. The van der Waals surface area contributed by atoms with E-state index in [0.717, 1.165) is 29.2 Å². The molecule has 0 aromatic heterocycles. The highest BCUT2D eigenvalue weighted by Crippen LogP contribution is 2.42. The van der Waals surface area contributed by atoms with E-state index < -0.39 is 0 Å². The number of hydrogen-bond donors (Lipinski definition) is 0. The summed E-state index contributed by atoms with van der Waals surface area (Å²) in [7, 11) is 0. The zero-order valence-electron chi connectivity index (χ0n) is 20.1. The minimum absolute atomic E-state index is 0.0141. The smallest absolute Gasteiger partial charge is 0.265 e. The average Bonchev–Trinajstić information content (AvgIpc) is 2.88. The minimum atomic E-state index is -0.125. The maximum atomic E-state index is 13.5. The lowest BCUT2D eigenvalue weighted by Crippen LogP contribution is -2.52. The summed E-state index contributed by atoms with van der Waals surface area (Å²) in [6, 6.07) is 24.1. The summed E-state index contributed by atoms with van der Waals surface area (Å²) in [6.45, 7) is 7.16. The van der Waals surface area contributed by atoms with Crippen molar-refractivity contribution in [2.24, 2.45) is 0 Å². The van der Waals surface area contributed by atoms with Crippen molar-refractivity contribution in [1.82, 2.24) is 4.90 Å². The molecule has 0 aliphatic carbocycles. The maximum absolute atomic E-state index is 13.5. The molecule has 35 heavy (non-hydrogen) atoms. The van der Waals surface area contributed by atoms with Crippen LogP contribution < -0.4 is 9.80 Å². The van der Waals surface area contributed by atoms with Gasteiger partial charge in [-0.25, -0.2) is 0 Å². The summed E-state index contributed by atoms with van der Waals surface area (Å²) in [5.41, 5.74) is 5.50. The number of benzene rings is 3. The molecule has 0 N–H and O–H groups in total. The Morgan fingerprint density at radius 2 is 1.60 bits per heavy atom. The number of piperazine rings is 1. The van der Waals surface area contributed by atoms with E-state index >= 15 is 0 Å². The molecule has 0 spiro atoms. The molecule has 3 aromatic carbocycles. The topological polar surface area (TPSA) is 43.9 Å². The number of para-hydroxylation sites is 1. The van der Waals surface area contributed by atoms with Crippen LogP contribution in [0.15, 0.2) is 82.6 Å². The monoisotopic (exact) mass is 483 g/mol. The van der Waals surface area contributed by atoms with Gasteiger partial charge in [0.15, 0.2) is 0 Å². The lowest BCUT2D eigenvalue weighted by molar-refractivity contribution is -0.131. The molecular formula is C29H29N3O2S. The van der Waals surface area contributed by atoms with E-state index in [-0.39, 0.29) is 18.4 Å². The molecule has 2 aliphatic heterocycles. The van der Waals surface area contributed by atoms with E-state index in [2.05, 4.69) is 36.9 Å². The third kappa shape index (κ3) is 4.98. The Hall–Kier alpha value is -3.51. The van der Waals surface area contributed by atoms with Gasteiger partial charge in [-0.2, -0.15) is 0 Å². The number of amides is 2. The highest BCUT2D eigenvalue weighted by Gasteiger charge is 2.32. The summed E-state index contributed by atoms with van der Waals surface area (Å²) >= 11 is 1.47. The van der Waals surface area contributed by atoms with Crippen LogP contribution in [0.1, 0.15) is 16.7 Å². The van der Waals surface area contributed by atoms with Gasteiger partial charge in [-0.05, 0) is 54.8 Å². The summed E-state index contributed by atoms with van der Waals surface area (Å²) in [4.78, 5) is 34.3. The zero-order chi connectivity index (χ0) is 24.4. The molecule has 1 saturated heterocycles. The number of carbonyl (C=O) groups is 2. The first-order valence-corrected chi connectivity index (χ1v) is 12.8. The lowest BCUT2D eigenvalue weighted by Gasteiger charge is -2.38. The first kappa shape index (κ1) is 23.2. The third-order valence-corrected chi connectivity index (χ3v) is 7.64.